The summed E-state index contributed by atoms with van der Waals surface area (Å²) in [5.74, 6) is 0.436. The average Bonchev–Trinajstić information content (AvgIpc) is 2.94. The zero-order chi connectivity index (χ0) is 19.1. The molecule has 0 saturated carbocycles. The second kappa shape index (κ2) is 6.65. The first-order chi connectivity index (χ1) is 13.0. The highest BCUT2D eigenvalue weighted by molar-refractivity contribution is 6.05. The van der Waals surface area contributed by atoms with E-state index in [0.717, 1.165) is 11.3 Å². The second-order valence-electron chi connectivity index (χ2n) is 7.21. The molecule has 1 aliphatic heterocycles. The molecule has 3 aromatic rings. The van der Waals surface area contributed by atoms with Gasteiger partial charge in [0.1, 0.15) is 5.82 Å². The second-order valence-corrected chi connectivity index (χ2v) is 7.21. The summed E-state index contributed by atoms with van der Waals surface area (Å²) in [5, 5.41) is 0.616. The number of para-hydroxylation sites is 2. The Hall–Kier alpha value is -2.95. The van der Waals surface area contributed by atoms with Crippen molar-refractivity contribution in [3.63, 3.8) is 0 Å². The van der Waals surface area contributed by atoms with E-state index in [-0.39, 0.29) is 23.4 Å². The Bertz CT molecular complexity index is 1080. The molecule has 0 aliphatic carbocycles. The van der Waals surface area contributed by atoms with Crippen LogP contribution >= 0.6 is 0 Å². The first-order valence-corrected chi connectivity index (χ1v) is 9.43. The third-order valence-electron chi connectivity index (χ3n) is 5.27. The molecule has 2 aromatic carbocycles. The number of nitrogens with zero attached hydrogens (tertiary/aromatic N) is 3. The minimum absolute atomic E-state index is 0.0439. The number of carbonyl (C=O) groups is 1. The van der Waals surface area contributed by atoms with Crippen molar-refractivity contribution in [1.29, 1.82) is 0 Å². The molecule has 5 nitrogen and oxygen atoms in total. The van der Waals surface area contributed by atoms with Crippen molar-refractivity contribution < 1.29 is 4.79 Å². The van der Waals surface area contributed by atoms with E-state index in [1.807, 2.05) is 68.1 Å². The van der Waals surface area contributed by atoms with Crippen molar-refractivity contribution in [3.8, 4) is 0 Å². The van der Waals surface area contributed by atoms with Crippen LogP contribution in [0, 0.1) is 0 Å². The zero-order valence-electron chi connectivity index (χ0n) is 15.8. The van der Waals surface area contributed by atoms with Crippen molar-refractivity contribution >= 4 is 22.5 Å². The molecule has 1 unspecified atom stereocenters. The zero-order valence-corrected chi connectivity index (χ0v) is 15.8. The molecule has 27 heavy (non-hydrogen) atoms. The predicted octanol–water partition coefficient (Wildman–Crippen LogP) is 3.50. The van der Waals surface area contributed by atoms with Gasteiger partial charge >= 0.3 is 0 Å². The van der Waals surface area contributed by atoms with E-state index in [9.17, 15) is 9.59 Å². The van der Waals surface area contributed by atoms with Gasteiger partial charge < -0.3 is 4.90 Å². The van der Waals surface area contributed by atoms with Crippen molar-refractivity contribution in [2.75, 3.05) is 4.90 Å². The number of fused-ring (bicyclic) bond motifs is 2. The van der Waals surface area contributed by atoms with Gasteiger partial charge in [0, 0.05) is 24.7 Å². The van der Waals surface area contributed by atoms with Crippen LogP contribution in [0.15, 0.2) is 53.3 Å². The molecule has 0 N–H and O–H groups in total. The van der Waals surface area contributed by atoms with Crippen LogP contribution in [-0.2, 0) is 17.8 Å². The maximum atomic E-state index is 13.2. The quantitative estimate of drug-likeness (QED) is 0.715. The fraction of sp³-hybridized carbons (Fsp3) is 0.318. The van der Waals surface area contributed by atoms with E-state index in [0.29, 0.717) is 29.7 Å². The smallest absolute Gasteiger partial charge is 0.261 e. The van der Waals surface area contributed by atoms with E-state index in [1.54, 1.807) is 10.6 Å². The molecule has 0 radical (unpaired) electrons. The molecular weight excluding hydrogens is 338 g/mol. The summed E-state index contributed by atoms with van der Waals surface area (Å²) >= 11 is 0. The van der Waals surface area contributed by atoms with Gasteiger partial charge in [-0.3, -0.25) is 14.2 Å². The number of amides is 1. The number of carbonyl (C=O) groups excluding carboxylic acids is 1. The SMILES string of the molecule is CCn1c(CC2C(=O)N(C(C)C)c3ccccc32)nc2ccccc2c1=O. The molecule has 1 amide bonds. The van der Waals surface area contributed by atoms with E-state index in [4.69, 9.17) is 4.98 Å². The summed E-state index contributed by atoms with van der Waals surface area (Å²) in [7, 11) is 0. The van der Waals surface area contributed by atoms with Crippen LogP contribution in [0.25, 0.3) is 10.9 Å². The highest BCUT2D eigenvalue weighted by Gasteiger charge is 2.38. The van der Waals surface area contributed by atoms with E-state index in [2.05, 4.69) is 0 Å². The minimum Gasteiger partial charge on any atom is -0.309 e. The molecule has 0 spiro atoms. The lowest BCUT2D eigenvalue weighted by Crippen LogP contribution is -2.36. The van der Waals surface area contributed by atoms with Crippen molar-refractivity contribution in [3.05, 3.63) is 70.3 Å². The molecular formula is C22H23N3O2. The average molecular weight is 361 g/mol. The van der Waals surface area contributed by atoms with Crippen LogP contribution in [-0.4, -0.2) is 21.5 Å². The predicted molar refractivity (Wildman–Crippen MR) is 107 cm³/mol. The van der Waals surface area contributed by atoms with E-state index < -0.39 is 0 Å². The standard InChI is InChI=1S/C22H23N3O2/c1-4-24-20(23-18-11-7-5-10-16(18)21(24)26)13-17-15-9-6-8-12-19(15)25(14(2)3)22(17)27/h5-12,14,17H,4,13H2,1-3H3. The number of hydrogen-bond donors (Lipinski definition) is 0. The van der Waals surface area contributed by atoms with Crippen LogP contribution in [0.3, 0.4) is 0 Å². The topological polar surface area (TPSA) is 55.2 Å². The van der Waals surface area contributed by atoms with Gasteiger partial charge in [-0.2, -0.15) is 0 Å². The van der Waals surface area contributed by atoms with Crippen LogP contribution in [0.2, 0.25) is 0 Å². The lowest BCUT2D eigenvalue weighted by Gasteiger charge is -2.22. The van der Waals surface area contributed by atoms with Crippen LogP contribution in [0.5, 0.6) is 0 Å². The molecule has 1 aliphatic rings. The van der Waals surface area contributed by atoms with Gasteiger partial charge in [0.25, 0.3) is 5.56 Å². The first kappa shape index (κ1) is 17.5. The van der Waals surface area contributed by atoms with Gasteiger partial charge in [-0.25, -0.2) is 4.98 Å². The Labute approximate surface area is 158 Å². The largest absolute Gasteiger partial charge is 0.309 e. The normalized spacial score (nSPS) is 16.4. The summed E-state index contributed by atoms with van der Waals surface area (Å²) in [6.45, 7) is 6.51. The fourth-order valence-electron chi connectivity index (χ4n) is 4.03. The van der Waals surface area contributed by atoms with E-state index in [1.165, 1.54) is 0 Å². The van der Waals surface area contributed by atoms with Crippen molar-refractivity contribution in [2.24, 2.45) is 0 Å². The van der Waals surface area contributed by atoms with Gasteiger partial charge in [-0.05, 0) is 44.5 Å². The Kier molecular flexibility index (Phi) is 4.30. The van der Waals surface area contributed by atoms with E-state index >= 15 is 0 Å². The summed E-state index contributed by atoms with van der Waals surface area (Å²) in [6.07, 6.45) is 0.424. The van der Waals surface area contributed by atoms with Gasteiger partial charge in [0.2, 0.25) is 5.91 Å². The number of hydrogen-bond acceptors (Lipinski definition) is 3. The Balaban J connectivity index is 1.83. The van der Waals surface area contributed by atoms with Gasteiger partial charge in [0.05, 0.1) is 16.8 Å². The lowest BCUT2D eigenvalue weighted by molar-refractivity contribution is -0.119. The fourth-order valence-corrected chi connectivity index (χ4v) is 4.03. The Morgan fingerprint density at radius 1 is 1.04 bits per heavy atom. The molecule has 0 saturated heterocycles. The van der Waals surface area contributed by atoms with Crippen molar-refractivity contribution in [1.82, 2.24) is 9.55 Å². The molecule has 4 rings (SSSR count). The number of anilines is 1. The maximum absolute atomic E-state index is 13.2. The van der Waals surface area contributed by atoms with Gasteiger partial charge in [0.15, 0.2) is 0 Å². The summed E-state index contributed by atoms with van der Waals surface area (Å²) in [5.41, 5.74) is 2.62. The number of benzene rings is 2. The number of rotatable bonds is 4. The highest BCUT2D eigenvalue weighted by atomic mass is 16.2. The molecule has 0 fully saturated rings. The van der Waals surface area contributed by atoms with Crippen molar-refractivity contribution in [2.45, 2.75) is 45.7 Å². The minimum atomic E-state index is -0.311. The van der Waals surface area contributed by atoms with Crippen LogP contribution in [0.4, 0.5) is 5.69 Å². The third-order valence-corrected chi connectivity index (χ3v) is 5.27. The molecule has 2 heterocycles. The monoisotopic (exact) mass is 361 g/mol. The van der Waals surface area contributed by atoms with Gasteiger partial charge in [-0.1, -0.05) is 30.3 Å². The van der Waals surface area contributed by atoms with Gasteiger partial charge in [-0.15, -0.1) is 0 Å². The molecule has 138 valence electrons. The molecule has 0 bridgehead atoms. The third kappa shape index (κ3) is 2.74. The summed E-state index contributed by atoms with van der Waals surface area (Å²) in [4.78, 5) is 32.6. The molecule has 5 heteroatoms. The Morgan fingerprint density at radius 2 is 1.74 bits per heavy atom. The Morgan fingerprint density at radius 3 is 2.48 bits per heavy atom. The summed E-state index contributed by atoms with van der Waals surface area (Å²) in [6, 6.07) is 15.4. The maximum Gasteiger partial charge on any atom is 0.261 e. The van der Waals surface area contributed by atoms with Crippen LogP contribution in [0.1, 0.15) is 38.1 Å². The lowest BCUT2D eigenvalue weighted by atomic mass is 9.96. The van der Waals surface area contributed by atoms with Crippen LogP contribution < -0.4 is 10.5 Å². The first-order valence-electron chi connectivity index (χ1n) is 9.43. The molecule has 1 atom stereocenters. The molecule has 1 aromatic heterocycles. The highest BCUT2D eigenvalue weighted by Crippen LogP contribution is 2.39. The summed E-state index contributed by atoms with van der Waals surface area (Å²) < 4.78 is 1.69. The number of aromatic nitrogens is 2.